The molecule has 4 aliphatic rings. The van der Waals surface area contributed by atoms with Crippen molar-refractivity contribution in [3.05, 3.63) is 22.5 Å². The Bertz CT molecular complexity index is 898. The lowest BCUT2D eigenvalue weighted by Gasteiger charge is -2.40. The van der Waals surface area contributed by atoms with Gasteiger partial charge in [-0.15, -0.1) is 0 Å². The van der Waals surface area contributed by atoms with Crippen LogP contribution in [0.4, 0.5) is 9.59 Å². The highest BCUT2D eigenvalue weighted by Gasteiger charge is 2.77. The first-order valence-corrected chi connectivity index (χ1v) is 9.86. The predicted molar refractivity (Wildman–Crippen MR) is 97.7 cm³/mol. The summed E-state index contributed by atoms with van der Waals surface area (Å²) in [5.41, 5.74) is 10.2. The van der Waals surface area contributed by atoms with Gasteiger partial charge in [-0.25, -0.2) is 4.79 Å². The Hall–Kier alpha value is -2.53. The van der Waals surface area contributed by atoms with E-state index >= 15 is 0 Å². The van der Waals surface area contributed by atoms with Crippen molar-refractivity contribution in [2.24, 2.45) is 17.4 Å². The number of nitrogens with zero attached hydrogens (tertiary/aromatic N) is 2. The summed E-state index contributed by atoms with van der Waals surface area (Å²) in [7, 11) is 1.45. The highest BCUT2D eigenvalue weighted by molar-refractivity contribution is 8.12. The molecule has 1 aliphatic carbocycles. The fraction of sp³-hybridized carbons (Fsp3) is 0.529. The number of primary amides is 1. The van der Waals surface area contributed by atoms with Crippen LogP contribution in [0.15, 0.2) is 22.5 Å². The van der Waals surface area contributed by atoms with E-state index in [4.69, 9.17) is 20.9 Å². The standard InChI is InChI=1S/C17H20N4O6S/c1-6-10(18)13(23)9-7(5-27-15(19)24)17(26-2)14-8(21(14)16(25)28-3)4-20(17)11(9)12(6)22/h7-8,14H,4-5,18H2,1-3H3,(H2,19,24)/t7-,8+,14-,17-,21?/m1/s1. The molecule has 11 heteroatoms. The Morgan fingerprint density at radius 3 is 2.57 bits per heavy atom. The fourth-order valence-electron chi connectivity index (χ4n) is 4.83. The van der Waals surface area contributed by atoms with Crippen molar-refractivity contribution in [2.45, 2.75) is 24.7 Å². The molecule has 3 aliphatic heterocycles. The maximum atomic E-state index is 13.0. The molecule has 3 heterocycles. The summed E-state index contributed by atoms with van der Waals surface area (Å²) < 4.78 is 10.9. The summed E-state index contributed by atoms with van der Waals surface area (Å²) >= 11 is 1.07. The molecule has 10 nitrogen and oxygen atoms in total. The number of ketones is 2. The molecule has 2 saturated heterocycles. The monoisotopic (exact) mass is 408 g/mol. The van der Waals surface area contributed by atoms with E-state index in [9.17, 15) is 19.2 Å². The van der Waals surface area contributed by atoms with Gasteiger partial charge in [-0.1, -0.05) is 11.8 Å². The Morgan fingerprint density at radius 1 is 1.32 bits per heavy atom. The predicted octanol–water partition coefficient (Wildman–Crippen LogP) is -0.456. The number of methoxy groups -OCH3 is 1. The molecule has 0 unspecified atom stereocenters. The highest BCUT2D eigenvalue weighted by Crippen LogP contribution is 2.60. The fourth-order valence-corrected chi connectivity index (χ4v) is 5.29. The van der Waals surface area contributed by atoms with Gasteiger partial charge in [0.25, 0.3) is 5.24 Å². The topological polar surface area (TPSA) is 145 Å². The van der Waals surface area contributed by atoms with Gasteiger partial charge < -0.3 is 30.7 Å². The van der Waals surface area contributed by atoms with E-state index in [1.807, 2.05) is 0 Å². The molecule has 4 N–H and O–H groups in total. The number of Topliss-reactive ketones (excluding diaryl/α,β-unsaturated/α-hetero) is 2. The van der Waals surface area contributed by atoms with Crippen molar-refractivity contribution < 1.29 is 28.7 Å². The number of thioether (sulfide) groups is 1. The van der Waals surface area contributed by atoms with Crippen LogP contribution in [0.2, 0.25) is 0 Å². The van der Waals surface area contributed by atoms with E-state index in [0.29, 0.717) is 6.54 Å². The number of hydrogen-bond donors (Lipinski definition) is 2. The number of carbonyl (C=O) groups is 4. The van der Waals surface area contributed by atoms with Crippen LogP contribution in [-0.4, -0.2) is 77.0 Å². The van der Waals surface area contributed by atoms with E-state index in [1.165, 1.54) is 14.0 Å². The van der Waals surface area contributed by atoms with Crippen LogP contribution >= 0.6 is 11.8 Å². The van der Waals surface area contributed by atoms with Crippen molar-refractivity contribution in [3.63, 3.8) is 0 Å². The lowest BCUT2D eigenvalue weighted by molar-refractivity contribution is -0.142. The summed E-state index contributed by atoms with van der Waals surface area (Å²) in [5, 5.41) is -0.128. The van der Waals surface area contributed by atoms with Crippen molar-refractivity contribution in [3.8, 4) is 0 Å². The molecule has 4 atom stereocenters. The molecule has 2 amide bonds. The molecule has 0 aromatic heterocycles. The molecule has 0 bridgehead atoms. The van der Waals surface area contributed by atoms with Gasteiger partial charge in [0, 0.05) is 24.8 Å². The van der Waals surface area contributed by atoms with E-state index in [1.54, 1.807) is 16.1 Å². The van der Waals surface area contributed by atoms with Gasteiger partial charge in [-0.05, 0) is 13.2 Å². The smallest absolute Gasteiger partial charge is 0.404 e. The molecule has 28 heavy (non-hydrogen) atoms. The van der Waals surface area contributed by atoms with Crippen molar-refractivity contribution in [1.29, 1.82) is 0 Å². The van der Waals surface area contributed by atoms with Gasteiger partial charge in [-0.3, -0.25) is 14.4 Å². The van der Waals surface area contributed by atoms with E-state index < -0.39 is 23.5 Å². The molecule has 0 spiro atoms. The van der Waals surface area contributed by atoms with E-state index in [-0.39, 0.29) is 52.3 Å². The molecule has 0 aromatic rings. The second-order valence-corrected chi connectivity index (χ2v) is 7.86. The Kier molecular flexibility index (Phi) is 4.02. The van der Waals surface area contributed by atoms with Crippen LogP contribution < -0.4 is 11.5 Å². The molecule has 0 radical (unpaired) electrons. The molecule has 0 aromatic carbocycles. The maximum absolute atomic E-state index is 13.0. The number of rotatable bonds is 3. The van der Waals surface area contributed by atoms with Crippen LogP contribution in [-0.2, 0) is 19.1 Å². The van der Waals surface area contributed by atoms with Gasteiger partial charge in [-0.2, -0.15) is 0 Å². The molecular formula is C17H20N4O6S. The summed E-state index contributed by atoms with van der Waals surface area (Å²) in [6, 6.07) is -0.539. The number of nitrogens with two attached hydrogens (primary N) is 2. The van der Waals surface area contributed by atoms with Gasteiger partial charge in [0.05, 0.1) is 23.4 Å². The average molecular weight is 408 g/mol. The number of amides is 2. The number of piperazine rings is 1. The highest BCUT2D eigenvalue weighted by atomic mass is 32.2. The quantitative estimate of drug-likeness (QED) is 0.468. The molecular weight excluding hydrogens is 388 g/mol. The largest absolute Gasteiger partial charge is 0.449 e. The van der Waals surface area contributed by atoms with Gasteiger partial charge in [0.2, 0.25) is 11.6 Å². The van der Waals surface area contributed by atoms with Crippen molar-refractivity contribution >= 4 is 34.7 Å². The average Bonchev–Trinajstić information content (AvgIpc) is 3.17. The van der Waals surface area contributed by atoms with Crippen LogP contribution in [0, 0.1) is 5.92 Å². The third-order valence-corrected chi connectivity index (χ3v) is 6.63. The number of hydrogen-bond acceptors (Lipinski definition) is 9. The molecule has 0 saturated carbocycles. The first-order chi connectivity index (χ1) is 13.2. The third-order valence-electron chi connectivity index (χ3n) is 6.07. The van der Waals surface area contributed by atoms with Crippen molar-refractivity contribution in [2.75, 3.05) is 26.5 Å². The second-order valence-electron chi connectivity index (χ2n) is 7.10. The Balaban J connectivity index is 1.82. The molecule has 4 rings (SSSR count). The Morgan fingerprint density at radius 2 is 2.00 bits per heavy atom. The SMILES string of the molecule is CO[C@@]12[C@H](COC(N)=O)C3=C(C(=O)C(C)=C(N)C3=O)N1C[C@H]1[C@H]2N1C(=O)SC. The lowest BCUT2D eigenvalue weighted by atomic mass is 9.82. The normalized spacial score (nSPS) is 33.2. The van der Waals surface area contributed by atoms with E-state index in [0.717, 1.165) is 11.8 Å². The Labute approximate surface area is 164 Å². The number of fused-ring (bicyclic) bond motifs is 4. The van der Waals surface area contributed by atoms with Crippen LogP contribution in [0.5, 0.6) is 0 Å². The van der Waals surface area contributed by atoms with E-state index in [2.05, 4.69) is 0 Å². The second kappa shape index (κ2) is 5.98. The first kappa shape index (κ1) is 18.8. The number of ether oxygens (including phenoxy) is 2. The summed E-state index contributed by atoms with van der Waals surface area (Å²) in [6.45, 7) is 1.57. The first-order valence-electron chi connectivity index (χ1n) is 8.63. The van der Waals surface area contributed by atoms with Crippen LogP contribution in [0.3, 0.4) is 0 Å². The molecule has 150 valence electrons. The maximum Gasteiger partial charge on any atom is 0.404 e. The summed E-state index contributed by atoms with van der Waals surface area (Å²) in [4.78, 5) is 52.9. The number of carbonyl (C=O) groups excluding carboxylic acids is 4. The lowest BCUT2D eigenvalue weighted by Crippen LogP contribution is -2.56. The van der Waals surface area contributed by atoms with Crippen LogP contribution in [0.1, 0.15) is 6.92 Å². The zero-order chi connectivity index (χ0) is 20.5. The van der Waals surface area contributed by atoms with Gasteiger partial charge >= 0.3 is 6.09 Å². The zero-order valence-corrected chi connectivity index (χ0v) is 16.4. The van der Waals surface area contributed by atoms with Crippen molar-refractivity contribution in [1.82, 2.24) is 9.80 Å². The minimum atomic E-state index is -1.20. The summed E-state index contributed by atoms with van der Waals surface area (Å²) in [6.07, 6.45) is 0.670. The molecule has 2 fully saturated rings. The number of allylic oxidation sites excluding steroid dienone is 2. The van der Waals surface area contributed by atoms with Crippen LogP contribution in [0.25, 0.3) is 0 Å². The minimum Gasteiger partial charge on any atom is -0.449 e. The summed E-state index contributed by atoms with van der Waals surface area (Å²) in [5.74, 6) is -1.66. The van der Waals surface area contributed by atoms with Gasteiger partial charge in [0.15, 0.2) is 5.72 Å². The minimum absolute atomic E-state index is 0.128. The zero-order valence-electron chi connectivity index (χ0n) is 15.6. The third kappa shape index (κ3) is 2.08. The van der Waals surface area contributed by atoms with Gasteiger partial charge in [0.1, 0.15) is 12.6 Å².